The van der Waals surface area contributed by atoms with Crippen LogP contribution in [0.4, 0.5) is 5.69 Å². The van der Waals surface area contributed by atoms with E-state index in [0.29, 0.717) is 10.0 Å². The Morgan fingerprint density at radius 2 is 1.75 bits per heavy atom. The quantitative estimate of drug-likeness (QED) is 0.836. The maximum absolute atomic E-state index is 11.1. The van der Waals surface area contributed by atoms with Crippen LogP contribution in [-0.4, -0.2) is 15.4 Å². The molecule has 2 aromatic rings. The predicted molar refractivity (Wildman–Crippen MR) is 87.4 cm³/mol. The van der Waals surface area contributed by atoms with Crippen LogP contribution in [-0.2, 0) is 5.75 Å². The highest BCUT2D eigenvalue weighted by atomic mass is 32.2. The van der Waals surface area contributed by atoms with Gasteiger partial charge < -0.3 is 10.4 Å². The number of para-hydroxylation sites is 1. The lowest BCUT2D eigenvalue weighted by atomic mass is 10.2. The van der Waals surface area contributed by atoms with E-state index in [9.17, 15) is 4.79 Å². The first kappa shape index (κ1) is 14.6. The molecule has 0 saturated heterocycles. The summed E-state index contributed by atoms with van der Waals surface area (Å²) < 4.78 is 0.558. The van der Waals surface area contributed by atoms with Crippen LogP contribution in [0.25, 0.3) is 0 Å². The van der Waals surface area contributed by atoms with Crippen molar-refractivity contribution in [3.8, 4) is 0 Å². The van der Waals surface area contributed by atoms with Gasteiger partial charge in [-0.2, -0.15) is 0 Å². The molecule has 0 radical (unpaired) electrons. The summed E-state index contributed by atoms with van der Waals surface area (Å²) >= 11 is 6.71. The molecule has 5 heteroatoms. The zero-order valence-corrected chi connectivity index (χ0v) is 12.2. The summed E-state index contributed by atoms with van der Waals surface area (Å²) in [5, 5.41) is 12.1. The number of hydrogen-bond donors (Lipinski definition) is 2. The molecule has 0 atom stereocenters. The highest BCUT2D eigenvalue weighted by molar-refractivity contribution is 8.22. The van der Waals surface area contributed by atoms with E-state index in [0.717, 1.165) is 5.75 Å². The van der Waals surface area contributed by atoms with Crippen LogP contribution in [0.1, 0.15) is 15.9 Å². The number of carbonyl (C=O) groups is 1. The van der Waals surface area contributed by atoms with Gasteiger partial charge in [0.1, 0.15) is 4.32 Å². The molecular weight excluding hydrogens is 290 g/mol. The third-order valence-corrected chi connectivity index (χ3v) is 3.90. The van der Waals surface area contributed by atoms with Crippen LogP contribution in [0.15, 0.2) is 54.6 Å². The Kier molecular flexibility index (Phi) is 5.15. The monoisotopic (exact) mass is 303 g/mol. The summed E-state index contributed by atoms with van der Waals surface area (Å²) in [5.41, 5.74) is 1.91. The molecule has 0 spiro atoms. The molecule has 0 unspecified atom stereocenters. The van der Waals surface area contributed by atoms with Crippen molar-refractivity contribution in [2.45, 2.75) is 5.75 Å². The van der Waals surface area contributed by atoms with E-state index in [-0.39, 0.29) is 5.56 Å². The van der Waals surface area contributed by atoms with Gasteiger partial charge in [0, 0.05) is 5.75 Å². The number of nitrogens with one attached hydrogen (secondary N) is 1. The van der Waals surface area contributed by atoms with Crippen LogP contribution >= 0.6 is 24.0 Å². The third-order valence-electron chi connectivity index (χ3n) is 2.61. The lowest BCUT2D eigenvalue weighted by molar-refractivity contribution is 0.0698. The van der Waals surface area contributed by atoms with Crippen molar-refractivity contribution in [2.75, 3.05) is 5.32 Å². The van der Waals surface area contributed by atoms with Gasteiger partial charge in [0.15, 0.2) is 0 Å². The first-order valence-electron chi connectivity index (χ1n) is 5.97. The second-order valence-electron chi connectivity index (χ2n) is 4.04. The lowest BCUT2D eigenvalue weighted by Crippen LogP contribution is -2.09. The molecule has 0 aromatic heterocycles. The molecule has 0 aliphatic carbocycles. The second kappa shape index (κ2) is 7.07. The second-order valence-corrected chi connectivity index (χ2v) is 5.69. The Labute approximate surface area is 127 Å². The predicted octanol–water partition coefficient (Wildman–Crippen LogP) is 4.02. The number of benzene rings is 2. The normalized spacial score (nSPS) is 10.0. The molecule has 2 N–H and O–H groups in total. The number of hydrogen-bond acceptors (Lipinski definition) is 3. The fourth-order valence-electron chi connectivity index (χ4n) is 1.65. The zero-order valence-electron chi connectivity index (χ0n) is 10.6. The number of aromatic carboxylic acids is 1. The van der Waals surface area contributed by atoms with Crippen molar-refractivity contribution >= 4 is 40.0 Å². The van der Waals surface area contributed by atoms with Gasteiger partial charge in [-0.3, -0.25) is 0 Å². The van der Waals surface area contributed by atoms with Gasteiger partial charge in [-0.15, -0.1) is 0 Å². The summed E-state index contributed by atoms with van der Waals surface area (Å²) in [6, 6.07) is 16.7. The van der Waals surface area contributed by atoms with Crippen LogP contribution < -0.4 is 5.32 Å². The van der Waals surface area contributed by atoms with Gasteiger partial charge in [-0.25, -0.2) is 4.79 Å². The van der Waals surface area contributed by atoms with E-state index < -0.39 is 5.97 Å². The van der Waals surface area contributed by atoms with E-state index in [2.05, 4.69) is 5.32 Å². The maximum atomic E-state index is 11.1. The third kappa shape index (κ3) is 4.08. The SMILES string of the molecule is O=C(O)c1ccccc1NC(=S)SCc1ccccc1. The first-order chi connectivity index (χ1) is 9.66. The van der Waals surface area contributed by atoms with Crippen molar-refractivity contribution in [1.82, 2.24) is 0 Å². The Morgan fingerprint density at radius 1 is 1.10 bits per heavy atom. The topological polar surface area (TPSA) is 49.3 Å². The minimum absolute atomic E-state index is 0.218. The first-order valence-corrected chi connectivity index (χ1v) is 7.36. The molecule has 0 aliphatic rings. The van der Waals surface area contributed by atoms with E-state index >= 15 is 0 Å². The van der Waals surface area contributed by atoms with Gasteiger partial charge in [0.2, 0.25) is 0 Å². The minimum atomic E-state index is -0.969. The van der Waals surface area contributed by atoms with Crippen LogP contribution in [0.5, 0.6) is 0 Å². The van der Waals surface area contributed by atoms with Crippen LogP contribution in [0.3, 0.4) is 0 Å². The fourth-order valence-corrected chi connectivity index (χ4v) is 2.61. The lowest BCUT2D eigenvalue weighted by Gasteiger charge is -2.10. The number of anilines is 1. The van der Waals surface area contributed by atoms with Gasteiger partial charge in [0.25, 0.3) is 0 Å². The van der Waals surface area contributed by atoms with Crippen molar-refractivity contribution in [3.63, 3.8) is 0 Å². The van der Waals surface area contributed by atoms with Gasteiger partial charge >= 0.3 is 5.97 Å². The van der Waals surface area contributed by atoms with E-state index in [1.807, 2.05) is 30.3 Å². The Bertz CT molecular complexity index is 614. The molecule has 0 heterocycles. The standard InChI is InChI=1S/C15H13NO2S2/c17-14(18)12-8-4-5-9-13(12)16-15(19)20-10-11-6-2-1-3-7-11/h1-9H,10H2,(H,16,19)(H,17,18). The van der Waals surface area contributed by atoms with Crippen LogP contribution in [0, 0.1) is 0 Å². The Morgan fingerprint density at radius 3 is 2.45 bits per heavy atom. The Hall–Kier alpha value is -1.85. The summed E-state index contributed by atoms with van der Waals surface area (Å²) in [7, 11) is 0. The van der Waals surface area contributed by atoms with Crippen LogP contribution in [0.2, 0.25) is 0 Å². The smallest absolute Gasteiger partial charge is 0.337 e. The van der Waals surface area contributed by atoms with Gasteiger partial charge in [0.05, 0.1) is 11.3 Å². The summed E-state index contributed by atoms with van der Waals surface area (Å²) in [6.45, 7) is 0. The molecule has 0 aliphatic heterocycles. The van der Waals surface area contributed by atoms with Gasteiger partial charge in [-0.05, 0) is 17.7 Å². The minimum Gasteiger partial charge on any atom is -0.478 e. The fraction of sp³-hybridized carbons (Fsp3) is 0.0667. The number of carboxylic acid groups (broad SMARTS) is 1. The molecule has 2 aromatic carbocycles. The number of thiocarbonyl (C=S) groups is 1. The molecular formula is C15H13NO2S2. The molecule has 0 bridgehead atoms. The average molecular weight is 303 g/mol. The van der Waals surface area contributed by atoms with Crippen molar-refractivity contribution in [1.29, 1.82) is 0 Å². The number of rotatable bonds is 4. The number of carboxylic acids is 1. The van der Waals surface area contributed by atoms with E-state index in [1.165, 1.54) is 17.3 Å². The van der Waals surface area contributed by atoms with Crippen molar-refractivity contribution in [3.05, 3.63) is 65.7 Å². The van der Waals surface area contributed by atoms with E-state index in [1.54, 1.807) is 24.3 Å². The molecule has 102 valence electrons. The zero-order chi connectivity index (χ0) is 14.4. The highest BCUT2D eigenvalue weighted by Gasteiger charge is 2.10. The highest BCUT2D eigenvalue weighted by Crippen LogP contribution is 2.19. The summed E-state index contributed by atoms with van der Waals surface area (Å²) in [6.07, 6.45) is 0. The molecule has 0 fully saturated rings. The van der Waals surface area contributed by atoms with Crippen molar-refractivity contribution in [2.24, 2.45) is 0 Å². The molecule has 20 heavy (non-hydrogen) atoms. The molecule has 2 rings (SSSR count). The average Bonchev–Trinajstić information content (AvgIpc) is 2.46. The maximum Gasteiger partial charge on any atom is 0.337 e. The molecule has 0 saturated carbocycles. The van der Waals surface area contributed by atoms with Gasteiger partial charge in [-0.1, -0.05) is 66.4 Å². The molecule has 0 amide bonds. The summed E-state index contributed by atoms with van der Waals surface area (Å²) in [5.74, 6) is -0.217. The number of thioether (sulfide) groups is 1. The molecule has 3 nitrogen and oxygen atoms in total. The largest absolute Gasteiger partial charge is 0.478 e. The van der Waals surface area contributed by atoms with Crippen molar-refractivity contribution < 1.29 is 9.90 Å². The summed E-state index contributed by atoms with van der Waals surface area (Å²) in [4.78, 5) is 11.1. The Balaban J connectivity index is 1.97. The van der Waals surface area contributed by atoms with E-state index in [4.69, 9.17) is 17.3 Å².